The molecular formula is C15H27N3O2. The SMILES string of the molecule is NCC1CCCCC1NC(=O)CCCNC(=O)C1CC1. The van der Waals surface area contributed by atoms with E-state index in [4.69, 9.17) is 5.73 Å². The molecule has 2 fully saturated rings. The van der Waals surface area contributed by atoms with Crippen LogP contribution in [0.2, 0.25) is 0 Å². The van der Waals surface area contributed by atoms with E-state index in [-0.39, 0.29) is 23.8 Å². The Morgan fingerprint density at radius 2 is 1.85 bits per heavy atom. The lowest BCUT2D eigenvalue weighted by molar-refractivity contribution is -0.124. The molecule has 114 valence electrons. The van der Waals surface area contributed by atoms with E-state index in [2.05, 4.69) is 10.6 Å². The van der Waals surface area contributed by atoms with Gasteiger partial charge in [0.05, 0.1) is 0 Å². The molecule has 5 heteroatoms. The first kappa shape index (κ1) is 15.3. The van der Waals surface area contributed by atoms with E-state index in [1.807, 2.05) is 0 Å². The van der Waals surface area contributed by atoms with E-state index in [9.17, 15) is 9.59 Å². The van der Waals surface area contributed by atoms with Gasteiger partial charge in [-0.05, 0) is 44.6 Å². The van der Waals surface area contributed by atoms with Crippen molar-refractivity contribution in [2.45, 2.75) is 57.4 Å². The van der Waals surface area contributed by atoms with Gasteiger partial charge in [-0.15, -0.1) is 0 Å². The van der Waals surface area contributed by atoms with Gasteiger partial charge >= 0.3 is 0 Å². The summed E-state index contributed by atoms with van der Waals surface area (Å²) in [6.45, 7) is 1.26. The molecule has 0 spiro atoms. The molecule has 5 nitrogen and oxygen atoms in total. The number of nitrogens with one attached hydrogen (secondary N) is 2. The first-order chi connectivity index (χ1) is 9.70. The Kier molecular flexibility index (Phi) is 5.83. The Labute approximate surface area is 121 Å². The largest absolute Gasteiger partial charge is 0.356 e. The van der Waals surface area contributed by atoms with E-state index >= 15 is 0 Å². The second-order valence-corrected chi connectivity index (χ2v) is 6.12. The number of nitrogens with two attached hydrogens (primary N) is 1. The van der Waals surface area contributed by atoms with Gasteiger partial charge in [0, 0.05) is 24.9 Å². The molecule has 2 rings (SSSR count). The highest BCUT2D eigenvalue weighted by Crippen LogP contribution is 2.28. The maximum Gasteiger partial charge on any atom is 0.223 e. The zero-order chi connectivity index (χ0) is 14.4. The third-order valence-electron chi connectivity index (χ3n) is 4.39. The van der Waals surface area contributed by atoms with Crippen molar-refractivity contribution in [3.05, 3.63) is 0 Å². The summed E-state index contributed by atoms with van der Waals surface area (Å²) in [5, 5.41) is 6.00. The van der Waals surface area contributed by atoms with Crippen LogP contribution >= 0.6 is 0 Å². The van der Waals surface area contributed by atoms with Gasteiger partial charge in [0.15, 0.2) is 0 Å². The van der Waals surface area contributed by atoms with Crippen molar-refractivity contribution in [1.29, 1.82) is 0 Å². The van der Waals surface area contributed by atoms with Crippen LogP contribution in [0.1, 0.15) is 51.4 Å². The second-order valence-electron chi connectivity index (χ2n) is 6.12. The van der Waals surface area contributed by atoms with Crippen LogP contribution in [0.5, 0.6) is 0 Å². The minimum Gasteiger partial charge on any atom is -0.356 e. The van der Waals surface area contributed by atoms with Gasteiger partial charge in [-0.3, -0.25) is 9.59 Å². The van der Waals surface area contributed by atoms with Crippen molar-refractivity contribution in [3.63, 3.8) is 0 Å². The lowest BCUT2D eigenvalue weighted by atomic mass is 9.84. The molecular weight excluding hydrogens is 254 g/mol. The van der Waals surface area contributed by atoms with Gasteiger partial charge in [-0.2, -0.15) is 0 Å². The molecule has 0 bridgehead atoms. The van der Waals surface area contributed by atoms with E-state index in [0.29, 0.717) is 31.8 Å². The summed E-state index contributed by atoms with van der Waals surface area (Å²) >= 11 is 0. The lowest BCUT2D eigenvalue weighted by Crippen LogP contribution is -2.44. The average molecular weight is 281 g/mol. The summed E-state index contributed by atoms with van der Waals surface area (Å²) in [6, 6.07) is 0.252. The van der Waals surface area contributed by atoms with Gasteiger partial charge in [-0.25, -0.2) is 0 Å². The molecule has 0 aliphatic heterocycles. The molecule has 2 amide bonds. The Morgan fingerprint density at radius 1 is 1.10 bits per heavy atom. The van der Waals surface area contributed by atoms with Crippen molar-refractivity contribution in [2.75, 3.05) is 13.1 Å². The fourth-order valence-electron chi connectivity index (χ4n) is 2.91. The van der Waals surface area contributed by atoms with Crippen molar-refractivity contribution in [1.82, 2.24) is 10.6 Å². The third-order valence-corrected chi connectivity index (χ3v) is 4.39. The van der Waals surface area contributed by atoms with Gasteiger partial charge in [0.1, 0.15) is 0 Å². The highest BCUT2D eigenvalue weighted by molar-refractivity contribution is 5.81. The Bertz CT molecular complexity index is 342. The van der Waals surface area contributed by atoms with Gasteiger partial charge < -0.3 is 16.4 Å². The van der Waals surface area contributed by atoms with Crippen molar-refractivity contribution < 1.29 is 9.59 Å². The van der Waals surface area contributed by atoms with Crippen LogP contribution in [-0.2, 0) is 9.59 Å². The molecule has 4 N–H and O–H groups in total. The van der Waals surface area contributed by atoms with Crippen molar-refractivity contribution in [3.8, 4) is 0 Å². The Balaban J connectivity index is 1.58. The first-order valence-corrected chi connectivity index (χ1v) is 7.98. The molecule has 20 heavy (non-hydrogen) atoms. The molecule has 0 aromatic rings. The van der Waals surface area contributed by atoms with Crippen LogP contribution in [0.4, 0.5) is 0 Å². The van der Waals surface area contributed by atoms with Crippen LogP contribution in [-0.4, -0.2) is 30.9 Å². The average Bonchev–Trinajstić information content (AvgIpc) is 3.28. The summed E-state index contributed by atoms with van der Waals surface area (Å²) in [5.41, 5.74) is 5.76. The molecule has 0 aromatic heterocycles. The van der Waals surface area contributed by atoms with Gasteiger partial charge in [-0.1, -0.05) is 12.8 Å². The predicted molar refractivity (Wildman–Crippen MR) is 77.9 cm³/mol. The molecule has 0 heterocycles. The van der Waals surface area contributed by atoms with Crippen LogP contribution in [0.15, 0.2) is 0 Å². The molecule has 2 aliphatic carbocycles. The zero-order valence-corrected chi connectivity index (χ0v) is 12.2. The maximum absolute atomic E-state index is 11.9. The van der Waals surface area contributed by atoms with Gasteiger partial charge in [0.2, 0.25) is 11.8 Å². The zero-order valence-electron chi connectivity index (χ0n) is 12.2. The van der Waals surface area contributed by atoms with E-state index in [1.165, 1.54) is 12.8 Å². The molecule has 0 radical (unpaired) electrons. The summed E-state index contributed by atoms with van der Waals surface area (Å²) in [5.74, 6) is 0.926. The standard InChI is InChI=1S/C15H27N3O2/c16-10-12-4-1-2-5-13(12)18-14(19)6-3-9-17-15(20)11-7-8-11/h11-13H,1-10,16H2,(H,17,20)(H,18,19). The number of rotatable bonds is 7. The Morgan fingerprint density at radius 3 is 2.55 bits per heavy atom. The first-order valence-electron chi connectivity index (χ1n) is 7.98. The molecule has 0 saturated heterocycles. The van der Waals surface area contributed by atoms with E-state index < -0.39 is 0 Å². The summed E-state index contributed by atoms with van der Waals surface area (Å²) in [6.07, 6.45) is 7.82. The number of hydrogen-bond acceptors (Lipinski definition) is 3. The normalized spacial score (nSPS) is 26.1. The summed E-state index contributed by atoms with van der Waals surface area (Å²) < 4.78 is 0. The smallest absolute Gasteiger partial charge is 0.223 e. The van der Waals surface area contributed by atoms with Crippen molar-refractivity contribution >= 4 is 11.8 Å². The predicted octanol–water partition coefficient (Wildman–Crippen LogP) is 0.926. The quantitative estimate of drug-likeness (QED) is 0.607. The van der Waals surface area contributed by atoms with Crippen LogP contribution in [0.3, 0.4) is 0 Å². The summed E-state index contributed by atoms with van der Waals surface area (Å²) in [7, 11) is 0. The van der Waals surface area contributed by atoms with E-state index in [0.717, 1.165) is 25.7 Å². The Hall–Kier alpha value is -1.10. The van der Waals surface area contributed by atoms with Crippen LogP contribution in [0, 0.1) is 11.8 Å². The fourth-order valence-corrected chi connectivity index (χ4v) is 2.91. The van der Waals surface area contributed by atoms with Gasteiger partial charge in [0.25, 0.3) is 0 Å². The molecule has 2 unspecified atom stereocenters. The van der Waals surface area contributed by atoms with Crippen LogP contribution < -0.4 is 16.4 Å². The number of carbonyl (C=O) groups excluding carboxylic acids is 2. The number of amides is 2. The maximum atomic E-state index is 11.9. The summed E-state index contributed by atoms with van der Waals surface area (Å²) in [4.78, 5) is 23.3. The molecule has 2 aliphatic rings. The minimum atomic E-state index is 0.0935. The second kappa shape index (κ2) is 7.62. The number of hydrogen-bond donors (Lipinski definition) is 3. The topological polar surface area (TPSA) is 84.2 Å². The number of carbonyl (C=O) groups is 2. The van der Waals surface area contributed by atoms with Crippen molar-refractivity contribution in [2.24, 2.45) is 17.6 Å². The highest BCUT2D eigenvalue weighted by atomic mass is 16.2. The third kappa shape index (κ3) is 4.78. The fraction of sp³-hybridized carbons (Fsp3) is 0.867. The van der Waals surface area contributed by atoms with E-state index in [1.54, 1.807) is 0 Å². The minimum absolute atomic E-state index is 0.0935. The lowest BCUT2D eigenvalue weighted by Gasteiger charge is -2.31. The van der Waals surface area contributed by atoms with Crippen LogP contribution in [0.25, 0.3) is 0 Å². The monoisotopic (exact) mass is 281 g/mol. The molecule has 2 atom stereocenters. The highest BCUT2D eigenvalue weighted by Gasteiger charge is 2.29. The molecule has 2 saturated carbocycles. The molecule has 0 aromatic carbocycles.